The fraction of sp³-hybridized carbons (Fsp3) is 0.259. The zero-order chi connectivity index (χ0) is 24.3. The Balaban J connectivity index is 1.52. The number of hydrogen-bond donors (Lipinski definition) is 0. The SMILES string of the molecule is C[C@@H]([C@@H]1CC=C(c2cc(F)c(C(F)(F)F)c(F)c2)O1)N(Cc1ccccc1)Cc1ccccc1. The lowest BCUT2D eigenvalue weighted by atomic mass is 10.1. The summed E-state index contributed by atoms with van der Waals surface area (Å²) in [6, 6.07) is 21.2. The summed E-state index contributed by atoms with van der Waals surface area (Å²) in [5, 5.41) is 0. The predicted molar refractivity (Wildman–Crippen MR) is 120 cm³/mol. The molecule has 3 aromatic rings. The molecule has 0 aromatic heterocycles. The zero-order valence-corrected chi connectivity index (χ0v) is 18.5. The van der Waals surface area contributed by atoms with Gasteiger partial charge in [0.25, 0.3) is 0 Å². The maximum absolute atomic E-state index is 14.1. The number of ether oxygens (including phenoxy) is 1. The molecule has 0 amide bonds. The number of alkyl halides is 3. The van der Waals surface area contributed by atoms with Crippen molar-refractivity contribution in [3.8, 4) is 0 Å². The van der Waals surface area contributed by atoms with Crippen LogP contribution < -0.4 is 0 Å². The van der Waals surface area contributed by atoms with Gasteiger partial charge in [-0.1, -0.05) is 60.7 Å². The van der Waals surface area contributed by atoms with Crippen molar-refractivity contribution in [2.24, 2.45) is 0 Å². The molecule has 3 aromatic carbocycles. The normalized spacial score (nSPS) is 16.9. The molecular formula is C27H24F5NO. The lowest BCUT2D eigenvalue weighted by Crippen LogP contribution is -2.40. The molecule has 1 aliphatic heterocycles. The van der Waals surface area contributed by atoms with Crippen molar-refractivity contribution >= 4 is 5.76 Å². The van der Waals surface area contributed by atoms with E-state index in [9.17, 15) is 22.0 Å². The molecule has 0 unspecified atom stereocenters. The molecule has 0 radical (unpaired) electrons. The van der Waals surface area contributed by atoms with E-state index in [-0.39, 0.29) is 23.5 Å². The van der Waals surface area contributed by atoms with Gasteiger partial charge in [-0.25, -0.2) is 8.78 Å². The molecule has 0 fully saturated rings. The van der Waals surface area contributed by atoms with Crippen LogP contribution in [-0.4, -0.2) is 17.0 Å². The first-order valence-electron chi connectivity index (χ1n) is 11.0. The standard InChI is InChI=1S/C27H24F5NO/c1-18(33(16-19-8-4-2-5-9-19)17-20-10-6-3-7-11-20)24-12-13-25(34-24)21-14-22(28)26(23(29)15-21)27(30,31)32/h2-11,13-15,18,24H,12,16-17H2,1H3/t18-,24-/m0/s1. The Hall–Kier alpha value is -3.19. The minimum Gasteiger partial charge on any atom is -0.488 e. The molecule has 1 aliphatic rings. The minimum absolute atomic E-state index is 0.0460. The van der Waals surface area contributed by atoms with Crippen molar-refractivity contribution < 1.29 is 26.7 Å². The van der Waals surface area contributed by atoms with Gasteiger partial charge < -0.3 is 4.74 Å². The Morgan fingerprint density at radius 1 is 0.882 bits per heavy atom. The van der Waals surface area contributed by atoms with Crippen LogP contribution in [0, 0.1) is 11.6 Å². The second kappa shape index (κ2) is 9.97. The van der Waals surface area contributed by atoms with Crippen LogP contribution in [0.1, 0.15) is 35.6 Å². The molecule has 0 saturated carbocycles. The smallest absolute Gasteiger partial charge is 0.422 e. The highest BCUT2D eigenvalue weighted by molar-refractivity contribution is 5.62. The summed E-state index contributed by atoms with van der Waals surface area (Å²) in [5.74, 6) is -3.13. The van der Waals surface area contributed by atoms with Crippen LogP contribution in [0.25, 0.3) is 5.76 Å². The fourth-order valence-corrected chi connectivity index (χ4v) is 4.16. The van der Waals surface area contributed by atoms with Crippen molar-refractivity contribution in [1.29, 1.82) is 0 Å². The van der Waals surface area contributed by atoms with E-state index in [1.165, 1.54) is 0 Å². The summed E-state index contributed by atoms with van der Waals surface area (Å²) in [5.41, 5.74) is 0.318. The average molecular weight is 473 g/mol. The zero-order valence-electron chi connectivity index (χ0n) is 18.5. The van der Waals surface area contributed by atoms with E-state index in [4.69, 9.17) is 4.74 Å². The Bertz CT molecular complexity index is 1080. The van der Waals surface area contributed by atoms with E-state index in [2.05, 4.69) is 4.90 Å². The summed E-state index contributed by atoms with van der Waals surface area (Å²) >= 11 is 0. The van der Waals surface area contributed by atoms with Gasteiger partial charge in [-0.3, -0.25) is 4.90 Å². The summed E-state index contributed by atoms with van der Waals surface area (Å²) in [6.07, 6.45) is -3.28. The highest BCUT2D eigenvalue weighted by Crippen LogP contribution is 2.37. The van der Waals surface area contributed by atoms with Crippen molar-refractivity contribution in [2.75, 3.05) is 0 Å². The number of halogens is 5. The van der Waals surface area contributed by atoms with E-state index >= 15 is 0 Å². The minimum atomic E-state index is -5.11. The number of nitrogens with zero attached hydrogens (tertiary/aromatic N) is 1. The fourth-order valence-electron chi connectivity index (χ4n) is 4.16. The Kier molecular flexibility index (Phi) is 7.03. The molecule has 0 bridgehead atoms. The van der Waals surface area contributed by atoms with Crippen LogP contribution in [0.15, 0.2) is 78.9 Å². The molecule has 4 rings (SSSR count). The number of rotatable bonds is 7. The monoisotopic (exact) mass is 473 g/mol. The lowest BCUT2D eigenvalue weighted by molar-refractivity contribution is -0.142. The van der Waals surface area contributed by atoms with E-state index in [1.807, 2.05) is 67.6 Å². The van der Waals surface area contributed by atoms with E-state index in [0.29, 0.717) is 31.6 Å². The lowest BCUT2D eigenvalue weighted by Gasteiger charge is -2.33. The summed E-state index contributed by atoms with van der Waals surface area (Å²) < 4.78 is 72.9. The molecule has 178 valence electrons. The largest absolute Gasteiger partial charge is 0.488 e. The summed E-state index contributed by atoms with van der Waals surface area (Å²) in [7, 11) is 0. The van der Waals surface area contributed by atoms with Crippen molar-refractivity contribution in [3.05, 3.63) is 113 Å². The predicted octanol–water partition coefficient (Wildman–Crippen LogP) is 7.20. The third-order valence-electron chi connectivity index (χ3n) is 5.99. The van der Waals surface area contributed by atoms with Crippen LogP contribution in [0.4, 0.5) is 22.0 Å². The molecular weight excluding hydrogens is 449 g/mol. The Morgan fingerprint density at radius 3 is 1.85 bits per heavy atom. The van der Waals surface area contributed by atoms with Gasteiger partial charge in [-0.05, 0) is 36.3 Å². The van der Waals surface area contributed by atoms with Crippen LogP contribution in [0.2, 0.25) is 0 Å². The van der Waals surface area contributed by atoms with Crippen LogP contribution >= 0.6 is 0 Å². The van der Waals surface area contributed by atoms with Crippen LogP contribution in [0.5, 0.6) is 0 Å². The molecule has 0 spiro atoms. The molecule has 0 N–H and O–H groups in total. The first-order chi connectivity index (χ1) is 16.2. The quantitative estimate of drug-likeness (QED) is 0.337. The first kappa shape index (κ1) is 24.0. The number of hydrogen-bond acceptors (Lipinski definition) is 2. The molecule has 7 heteroatoms. The third kappa shape index (κ3) is 5.47. The highest BCUT2D eigenvalue weighted by Gasteiger charge is 2.38. The van der Waals surface area contributed by atoms with E-state index in [0.717, 1.165) is 11.1 Å². The summed E-state index contributed by atoms with van der Waals surface area (Å²) in [4.78, 5) is 2.25. The highest BCUT2D eigenvalue weighted by atomic mass is 19.4. The molecule has 34 heavy (non-hydrogen) atoms. The van der Waals surface area contributed by atoms with Gasteiger partial charge in [0.15, 0.2) is 0 Å². The maximum Gasteiger partial charge on any atom is 0.422 e. The van der Waals surface area contributed by atoms with Gasteiger partial charge in [0.2, 0.25) is 0 Å². The Labute approximate surface area is 195 Å². The summed E-state index contributed by atoms with van der Waals surface area (Å²) in [6.45, 7) is 3.34. The van der Waals surface area contributed by atoms with Gasteiger partial charge in [-0.15, -0.1) is 0 Å². The second-order valence-corrected chi connectivity index (χ2v) is 8.39. The van der Waals surface area contributed by atoms with Gasteiger partial charge in [0.1, 0.15) is 29.1 Å². The second-order valence-electron chi connectivity index (χ2n) is 8.39. The molecule has 0 aliphatic carbocycles. The molecule has 0 saturated heterocycles. The Morgan fingerprint density at radius 2 is 1.38 bits per heavy atom. The van der Waals surface area contributed by atoms with Crippen molar-refractivity contribution in [2.45, 2.75) is 44.8 Å². The molecule has 2 nitrogen and oxygen atoms in total. The van der Waals surface area contributed by atoms with Gasteiger partial charge in [-0.2, -0.15) is 13.2 Å². The topological polar surface area (TPSA) is 12.5 Å². The maximum atomic E-state index is 14.1. The van der Waals surface area contributed by atoms with E-state index < -0.39 is 23.4 Å². The third-order valence-corrected chi connectivity index (χ3v) is 5.99. The van der Waals surface area contributed by atoms with Crippen molar-refractivity contribution in [1.82, 2.24) is 4.90 Å². The number of benzene rings is 3. The van der Waals surface area contributed by atoms with Crippen molar-refractivity contribution in [3.63, 3.8) is 0 Å². The van der Waals surface area contributed by atoms with Gasteiger partial charge in [0, 0.05) is 31.1 Å². The van der Waals surface area contributed by atoms with Crippen LogP contribution in [0.3, 0.4) is 0 Å². The van der Waals surface area contributed by atoms with Gasteiger partial charge >= 0.3 is 6.18 Å². The average Bonchev–Trinajstić information content (AvgIpc) is 3.28. The first-order valence-corrected chi connectivity index (χ1v) is 11.0. The van der Waals surface area contributed by atoms with Crippen LogP contribution in [-0.2, 0) is 24.0 Å². The van der Waals surface area contributed by atoms with E-state index in [1.54, 1.807) is 6.08 Å². The van der Waals surface area contributed by atoms with Gasteiger partial charge in [0.05, 0.1) is 0 Å². The molecule has 2 atom stereocenters. The molecule has 1 heterocycles.